The third-order valence-corrected chi connectivity index (χ3v) is 2.90. The van der Waals surface area contributed by atoms with Gasteiger partial charge in [0.15, 0.2) is 0 Å². The monoisotopic (exact) mass is 290 g/mol. The maximum Gasteiger partial charge on any atom is 0.337 e. The zero-order chi connectivity index (χ0) is 14.7. The molecule has 0 aliphatic rings. The van der Waals surface area contributed by atoms with Crippen molar-refractivity contribution in [1.82, 2.24) is 0 Å². The van der Waals surface area contributed by atoms with Crippen LogP contribution in [-0.4, -0.2) is 17.0 Å². The van der Waals surface area contributed by atoms with Gasteiger partial charge in [0.2, 0.25) is 0 Å². The number of carbonyl (C=O) groups is 2. The van der Waals surface area contributed by atoms with Crippen LogP contribution >= 0.6 is 11.6 Å². The van der Waals surface area contributed by atoms with Crippen LogP contribution < -0.4 is 11.1 Å². The Labute approximate surface area is 120 Å². The van der Waals surface area contributed by atoms with E-state index in [1.165, 1.54) is 24.3 Å². The molecule has 2 aromatic rings. The van der Waals surface area contributed by atoms with E-state index in [1.54, 1.807) is 18.2 Å². The molecule has 0 radical (unpaired) electrons. The van der Waals surface area contributed by atoms with E-state index in [-0.39, 0.29) is 22.5 Å². The van der Waals surface area contributed by atoms with Crippen molar-refractivity contribution in [2.24, 2.45) is 0 Å². The van der Waals surface area contributed by atoms with Crippen molar-refractivity contribution in [2.75, 3.05) is 11.1 Å². The van der Waals surface area contributed by atoms with Crippen LogP contribution in [0.4, 0.5) is 11.4 Å². The standard InChI is InChI=1S/C14H11ClN2O3/c15-8-5-6-11(16)10(7-8)13(18)17-12-4-2-1-3-9(12)14(19)20/h1-7H,16H2,(H,17,18)(H,19,20). The number of halogens is 1. The SMILES string of the molecule is Nc1ccc(Cl)cc1C(=O)Nc1ccccc1C(=O)O. The van der Waals surface area contributed by atoms with Gasteiger partial charge in [-0.15, -0.1) is 0 Å². The number of hydrogen-bond acceptors (Lipinski definition) is 3. The molecule has 0 fully saturated rings. The van der Waals surface area contributed by atoms with E-state index in [1.807, 2.05) is 0 Å². The molecule has 2 aromatic carbocycles. The molecule has 0 bridgehead atoms. The first-order valence-corrected chi connectivity index (χ1v) is 6.05. The lowest BCUT2D eigenvalue weighted by molar-refractivity contribution is 0.0698. The van der Waals surface area contributed by atoms with Crippen molar-refractivity contribution >= 4 is 34.9 Å². The number of rotatable bonds is 3. The van der Waals surface area contributed by atoms with Gasteiger partial charge < -0.3 is 16.2 Å². The van der Waals surface area contributed by atoms with Crippen molar-refractivity contribution in [3.8, 4) is 0 Å². The average Bonchev–Trinajstić information content (AvgIpc) is 2.41. The molecule has 0 aliphatic carbocycles. The predicted molar refractivity (Wildman–Crippen MR) is 77.2 cm³/mol. The molecule has 0 heterocycles. The van der Waals surface area contributed by atoms with Crippen LogP contribution in [0, 0.1) is 0 Å². The van der Waals surface area contributed by atoms with E-state index in [2.05, 4.69) is 5.32 Å². The number of anilines is 2. The van der Waals surface area contributed by atoms with E-state index >= 15 is 0 Å². The normalized spacial score (nSPS) is 10.1. The maximum absolute atomic E-state index is 12.1. The molecular formula is C14H11ClN2O3. The summed E-state index contributed by atoms with van der Waals surface area (Å²) in [6, 6.07) is 10.6. The Morgan fingerprint density at radius 2 is 1.80 bits per heavy atom. The number of carboxylic acid groups (broad SMARTS) is 1. The van der Waals surface area contributed by atoms with Gasteiger partial charge in [-0.25, -0.2) is 4.79 Å². The molecule has 1 amide bonds. The first-order valence-electron chi connectivity index (χ1n) is 5.67. The predicted octanol–water partition coefficient (Wildman–Crippen LogP) is 2.87. The molecule has 102 valence electrons. The first kappa shape index (κ1) is 13.9. The number of hydrogen-bond donors (Lipinski definition) is 3. The molecule has 4 N–H and O–H groups in total. The van der Waals surface area contributed by atoms with Gasteiger partial charge >= 0.3 is 5.97 Å². The van der Waals surface area contributed by atoms with Gasteiger partial charge in [-0.3, -0.25) is 4.79 Å². The minimum Gasteiger partial charge on any atom is -0.478 e. The van der Waals surface area contributed by atoms with E-state index < -0.39 is 11.9 Å². The second kappa shape index (κ2) is 5.63. The minimum absolute atomic E-state index is 0.00134. The van der Waals surface area contributed by atoms with Crippen LogP contribution in [0.2, 0.25) is 5.02 Å². The third kappa shape index (κ3) is 2.89. The Balaban J connectivity index is 2.33. The number of carbonyl (C=O) groups excluding carboxylic acids is 1. The summed E-state index contributed by atoms with van der Waals surface area (Å²) < 4.78 is 0. The number of amides is 1. The van der Waals surface area contributed by atoms with Crippen LogP contribution in [0.25, 0.3) is 0 Å². The molecule has 0 unspecified atom stereocenters. The van der Waals surface area contributed by atoms with Gasteiger partial charge in [-0.05, 0) is 30.3 Å². The van der Waals surface area contributed by atoms with Gasteiger partial charge in [0.1, 0.15) is 0 Å². The molecule has 0 saturated heterocycles. The number of nitrogens with two attached hydrogens (primary N) is 1. The van der Waals surface area contributed by atoms with E-state index in [9.17, 15) is 9.59 Å². The fraction of sp³-hybridized carbons (Fsp3) is 0. The molecular weight excluding hydrogens is 280 g/mol. The number of nitrogen functional groups attached to an aromatic ring is 1. The zero-order valence-corrected chi connectivity index (χ0v) is 11.0. The number of carboxylic acids is 1. The van der Waals surface area contributed by atoms with Gasteiger partial charge in [-0.1, -0.05) is 23.7 Å². The summed E-state index contributed by atoms with van der Waals surface area (Å²) in [6.07, 6.45) is 0. The largest absolute Gasteiger partial charge is 0.478 e. The van der Waals surface area contributed by atoms with Crippen molar-refractivity contribution in [2.45, 2.75) is 0 Å². The van der Waals surface area contributed by atoms with E-state index in [0.29, 0.717) is 5.02 Å². The van der Waals surface area contributed by atoms with Crippen LogP contribution in [0.1, 0.15) is 20.7 Å². The Morgan fingerprint density at radius 3 is 2.50 bits per heavy atom. The number of nitrogens with one attached hydrogen (secondary N) is 1. The second-order valence-corrected chi connectivity index (χ2v) is 4.47. The second-order valence-electron chi connectivity index (χ2n) is 4.04. The van der Waals surface area contributed by atoms with Crippen molar-refractivity contribution in [1.29, 1.82) is 0 Å². The lowest BCUT2D eigenvalue weighted by Gasteiger charge is -2.10. The van der Waals surface area contributed by atoms with E-state index in [4.69, 9.17) is 22.4 Å². The van der Waals surface area contributed by atoms with Crippen molar-refractivity contribution in [3.05, 3.63) is 58.6 Å². The Hall–Kier alpha value is -2.53. The number of para-hydroxylation sites is 1. The maximum atomic E-state index is 12.1. The number of benzene rings is 2. The fourth-order valence-electron chi connectivity index (χ4n) is 1.69. The number of aromatic carboxylic acids is 1. The van der Waals surface area contributed by atoms with Gasteiger partial charge in [0, 0.05) is 10.7 Å². The van der Waals surface area contributed by atoms with Crippen LogP contribution in [0.15, 0.2) is 42.5 Å². The van der Waals surface area contributed by atoms with Gasteiger partial charge in [-0.2, -0.15) is 0 Å². The average molecular weight is 291 g/mol. The molecule has 0 spiro atoms. The topological polar surface area (TPSA) is 92.4 Å². The third-order valence-electron chi connectivity index (χ3n) is 2.67. The summed E-state index contributed by atoms with van der Waals surface area (Å²) in [4.78, 5) is 23.2. The quantitative estimate of drug-likeness (QED) is 0.758. The highest BCUT2D eigenvalue weighted by atomic mass is 35.5. The van der Waals surface area contributed by atoms with Crippen LogP contribution in [0.5, 0.6) is 0 Å². The molecule has 2 rings (SSSR count). The lowest BCUT2D eigenvalue weighted by atomic mass is 10.1. The summed E-state index contributed by atoms with van der Waals surface area (Å²) in [5.41, 5.74) is 6.36. The smallest absolute Gasteiger partial charge is 0.337 e. The molecule has 0 aromatic heterocycles. The van der Waals surface area contributed by atoms with Gasteiger partial charge in [0.05, 0.1) is 16.8 Å². The fourth-order valence-corrected chi connectivity index (χ4v) is 1.87. The Morgan fingerprint density at radius 1 is 1.10 bits per heavy atom. The minimum atomic E-state index is -1.13. The molecule has 6 heteroatoms. The highest BCUT2D eigenvalue weighted by molar-refractivity contribution is 6.31. The highest BCUT2D eigenvalue weighted by Crippen LogP contribution is 2.21. The molecule has 5 nitrogen and oxygen atoms in total. The lowest BCUT2D eigenvalue weighted by Crippen LogP contribution is -2.16. The summed E-state index contributed by atoms with van der Waals surface area (Å²) in [7, 11) is 0. The zero-order valence-electron chi connectivity index (χ0n) is 10.3. The van der Waals surface area contributed by atoms with Crippen molar-refractivity contribution in [3.63, 3.8) is 0 Å². The van der Waals surface area contributed by atoms with Gasteiger partial charge in [0.25, 0.3) is 5.91 Å². The Bertz CT molecular complexity index is 686. The highest BCUT2D eigenvalue weighted by Gasteiger charge is 2.15. The summed E-state index contributed by atoms with van der Waals surface area (Å²) in [6.45, 7) is 0. The summed E-state index contributed by atoms with van der Waals surface area (Å²) >= 11 is 5.82. The first-order chi connectivity index (χ1) is 9.49. The van der Waals surface area contributed by atoms with Crippen molar-refractivity contribution < 1.29 is 14.7 Å². The molecule has 0 saturated carbocycles. The van der Waals surface area contributed by atoms with E-state index in [0.717, 1.165) is 0 Å². The Kier molecular flexibility index (Phi) is 3.91. The van der Waals surface area contributed by atoms with Crippen LogP contribution in [-0.2, 0) is 0 Å². The molecule has 0 atom stereocenters. The molecule has 0 aliphatic heterocycles. The summed E-state index contributed by atoms with van der Waals surface area (Å²) in [5, 5.41) is 11.9. The molecule has 20 heavy (non-hydrogen) atoms. The van der Waals surface area contributed by atoms with Crippen LogP contribution in [0.3, 0.4) is 0 Å². The summed E-state index contributed by atoms with van der Waals surface area (Å²) in [5.74, 6) is -1.64.